The minimum atomic E-state index is -0.592. The van der Waals surface area contributed by atoms with Crippen molar-refractivity contribution >= 4 is 27.7 Å². The van der Waals surface area contributed by atoms with Crippen molar-refractivity contribution < 1.29 is 18.7 Å². The average Bonchev–Trinajstić information content (AvgIpc) is 3.17. The number of carbonyl (C=O) groups is 2. The summed E-state index contributed by atoms with van der Waals surface area (Å²) in [6.45, 7) is 3.66. The molecular formula is C18H19BrN2O4. The smallest absolute Gasteiger partial charge is 0.289 e. The van der Waals surface area contributed by atoms with Gasteiger partial charge in [-0.2, -0.15) is 0 Å². The quantitative estimate of drug-likeness (QED) is 0.782. The van der Waals surface area contributed by atoms with Gasteiger partial charge in [0, 0.05) is 26.2 Å². The molecule has 1 atom stereocenters. The summed E-state index contributed by atoms with van der Waals surface area (Å²) in [6.07, 6.45) is 0.888. The summed E-state index contributed by atoms with van der Waals surface area (Å²) >= 11 is 3.41. The number of rotatable bonds is 4. The van der Waals surface area contributed by atoms with Crippen LogP contribution in [0.1, 0.15) is 17.5 Å². The number of para-hydroxylation sites is 1. The molecule has 0 N–H and O–H groups in total. The number of benzene rings is 1. The van der Waals surface area contributed by atoms with E-state index in [1.165, 1.54) is 6.26 Å². The molecule has 7 heteroatoms. The minimum absolute atomic E-state index is 0.0825. The standard InChI is InChI=1S/C18H19BrN2O4/c1-13(25-15-6-3-2-5-14(15)19)17(22)20-8-10-21(11-9-20)18(23)16-7-4-12-24-16/h2-7,12-13H,8-11H2,1H3. The molecule has 0 aliphatic carbocycles. The van der Waals surface area contributed by atoms with Gasteiger partial charge in [-0.3, -0.25) is 9.59 Å². The molecular weight excluding hydrogens is 388 g/mol. The zero-order valence-corrected chi connectivity index (χ0v) is 15.4. The number of nitrogens with zero attached hydrogens (tertiary/aromatic N) is 2. The second-order valence-electron chi connectivity index (χ2n) is 5.79. The van der Waals surface area contributed by atoms with Crippen LogP contribution in [0.25, 0.3) is 0 Å². The van der Waals surface area contributed by atoms with Crippen LogP contribution in [0.2, 0.25) is 0 Å². The van der Waals surface area contributed by atoms with Crippen LogP contribution in [0.5, 0.6) is 5.75 Å². The van der Waals surface area contributed by atoms with Gasteiger partial charge in [0.15, 0.2) is 11.9 Å². The Balaban J connectivity index is 1.54. The summed E-state index contributed by atoms with van der Waals surface area (Å²) in [5, 5.41) is 0. The molecule has 0 spiro atoms. The first-order valence-electron chi connectivity index (χ1n) is 8.09. The Kier molecular flexibility index (Phi) is 5.43. The van der Waals surface area contributed by atoms with Gasteiger partial charge in [0.1, 0.15) is 5.75 Å². The van der Waals surface area contributed by atoms with Gasteiger partial charge in [-0.25, -0.2) is 0 Å². The van der Waals surface area contributed by atoms with E-state index in [0.717, 1.165) is 4.47 Å². The van der Waals surface area contributed by atoms with E-state index < -0.39 is 6.10 Å². The molecule has 6 nitrogen and oxygen atoms in total. The van der Waals surface area contributed by atoms with Gasteiger partial charge in [0.25, 0.3) is 11.8 Å². The van der Waals surface area contributed by atoms with E-state index in [1.54, 1.807) is 28.9 Å². The van der Waals surface area contributed by atoms with Crippen molar-refractivity contribution in [1.29, 1.82) is 0 Å². The molecule has 2 amide bonds. The maximum absolute atomic E-state index is 12.6. The van der Waals surface area contributed by atoms with Crippen LogP contribution in [0, 0.1) is 0 Å². The molecule has 1 aliphatic rings. The zero-order valence-electron chi connectivity index (χ0n) is 13.9. The lowest BCUT2D eigenvalue weighted by Crippen LogP contribution is -2.53. The van der Waals surface area contributed by atoms with Crippen LogP contribution in [-0.4, -0.2) is 53.9 Å². The molecule has 1 aromatic heterocycles. The Labute approximate surface area is 154 Å². The molecule has 1 aromatic carbocycles. The summed E-state index contributed by atoms with van der Waals surface area (Å²) in [6, 6.07) is 10.8. The Bertz CT molecular complexity index is 739. The molecule has 1 fully saturated rings. The lowest BCUT2D eigenvalue weighted by atomic mass is 10.2. The fourth-order valence-corrected chi connectivity index (χ4v) is 3.10. The van der Waals surface area contributed by atoms with E-state index in [4.69, 9.17) is 9.15 Å². The van der Waals surface area contributed by atoms with Crippen molar-refractivity contribution in [3.05, 3.63) is 52.9 Å². The maximum Gasteiger partial charge on any atom is 0.289 e. The molecule has 2 aromatic rings. The number of piperazine rings is 1. The zero-order chi connectivity index (χ0) is 17.8. The normalized spacial score (nSPS) is 15.8. The lowest BCUT2D eigenvalue weighted by Gasteiger charge is -2.35. The van der Waals surface area contributed by atoms with E-state index >= 15 is 0 Å². The van der Waals surface area contributed by atoms with Gasteiger partial charge >= 0.3 is 0 Å². The van der Waals surface area contributed by atoms with Crippen molar-refractivity contribution in [3.63, 3.8) is 0 Å². The molecule has 3 rings (SSSR count). The number of hydrogen-bond donors (Lipinski definition) is 0. The second-order valence-corrected chi connectivity index (χ2v) is 6.64. The van der Waals surface area contributed by atoms with Crippen LogP contribution in [0.3, 0.4) is 0 Å². The van der Waals surface area contributed by atoms with Gasteiger partial charge in [-0.1, -0.05) is 12.1 Å². The second kappa shape index (κ2) is 7.74. The van der Waals surface area contributed by atoms with E-state index in [1.807, 2.05) is 24.3 Å². The number of halogens is 1. The van der Waals surface area contributed by atoms with E-state index in [9.17, 15) is 9.59 Å². The highest BCUT2D eigenvalue weighted by Crippen LogP contribution is 2.25. The van der Waals surface area contributed by atoms with Crippen LogP contribution >= 0.6 is 15.9 Å². The third kappa shape index (κ3) is 4.04. The SMILES string of the molecule is CC(Oc1ccccc1Br)C(=O)N1CCN(C(=O)c2ccco2)CC1. The molecule has 1 saturated heterocycles. The van der Waals surface area contributed by atoms with Crippen LogP contribution in [-0.2, 0) is 4.79 Å². The van der Waals surface area contributed by atoms with Crippen molar-refractivity contribution in [2.75, 3.05) is 26.2 Å². The van der Waals surface area contributed by atoms with E-state index in [2.05, 4.69) is 15.9 Å². The van der Waals surface area contributed by atoms with E-state index in [0.29, 0.717) is 37.7 Å². The van der Waals surface area contributed by atoms with Gasteiger partial charge in [0.2, 0.25) is 0 Å². The fraction of sp³-hybridized carbons (Fsp3) is 0.333. The lowest BCUT2D eigenvalue weighted by molar-refractivity contribution is -0.139. The van der Waals surface area contributed by atoms with E-state index in [-0.39, 0.29) is 11.8 Å². The Hall–Kier alpha value is -2.28. The third-order valence-corrected chi connectivity index (χ3v) is 4.75. The molecule has 0 bridgehead atoms. The third-order valence-electron chi connectivity index (χ3n) is 4.10. The summed E-state index contributed by atoms with van der Waals surface area (Å²) in [4.78, 5) is 28.3. The molecule has 1 unspecified atom stereocenters. The van der Waals surface area contributed by atoms with Crippen LogP contribution in [0.15, 0.2) is 51.6 Å². The number of amides is 2. The van der Waals surface area contributed by atoms with Gasteiger partial charge in [-0.05, 0) is 47.1 Å². The Morgan fingerprint density at radius 2 is 1.76 bits per heavy atom. The molecule has 132 valence electrons. The van der Waals surface area contributed by atoms with Crippen LogP contribution in [0.4, 0.5) is 0 Å². The average molecular weight is 407 g/mol. The number of carbonyl (C=O) groups excluding carboxylic acids is 2. The first-order valence-corrected chi connectivity index (χ1v) is 8.88. The molecule has 1 aliphatic heterocycles. The monoisotopic (exact) mass is 406 g/mol. The topological polar surface area (TPSA) is 63.0 Å². The predicted molar refractivity (Wildman–Crippen MR) is 95.4 cm³/mol. The van der Waals surface area contributed by atoms with Gasteiger partial charge < -0.3 is 19.0 Å². The summed E-state index contributed by atoms with van der Waals surface area (Å²) in [7, 11) is 0. The largest absolute Gasteiger partial charge is 0.480 e. The highest BCUT2D eigenvalue weighted by Gasteiger charge is 2.29. The van der Waals surface area contributed by atoms with Crippen LogP contribution < -0.4 is 4.74 Å². The maximum atomic E-state index is 12.6. The minimum Gasteiger partial charge on any atom is -0.480 e. The van der Waals surface area contributed by atoms with Gasteiger partial charge in [-0.15, -0.1) is 0 Å². The van der Waals surface area contributed by atoms with Gasteiger partial charge in [0.05, 0.1) is 10.7 Å². The first kappa shape index (κ1) is 17.5. The van der Waals surface area contributed by atoms with Crippen molar-refractivity contribution in [1.82, 2.24) is 9.80 Å². The number of ether oxygens (including phenoxy) is 1. The molecule has 0 radical (unpaired) electrons. The molecule has 0 saturated carbocycles. The fourth-order valence-electron chi connectivity index (χ4n) is 2.72. The Morgan fingerprint density at radius 1 is 1.08 bits per heavy atom. The molecule has 25 heavy (non-hydrogen) atoms. The highest BCUT2D eigenvalue weighted by molar-refractivity contribution is 9.10. The number of furan rings is 1. The van der Waals surface area contributed by atoms with Crippen molar-refractivity contribution in [2.45, 2.75) is 13.0 Å². The summed E-state index contributed by atoms with van der Waals surface area (Å²) < 4.78 is 11.7. The van der Waals surface area contributed by atoms with Crippen molar-refractivity contribution in [3.8, 4) is 5.75 Å². The highest BCUT2D eigenvalue weighted by atomic mass is 79.9. The predicted octanol–water partition coefficient (Wildman–Crippen LogP) is 2.79. The summed E-state index contributed by atoms with van der Waals surface area (Å²) in [5.74, 6) is 0.732. The first-order chi connectivity index (χ1) is 12.1. The van der Waals surface area contributed by atoms with Crippen molar-refractivity contribution in [2.24, 2.45) is 0 Å². The Morgan fingerprint density at radius 3 is 2.40 bits per heavy atom. The number of hydrogen-bond acceptors (Lipinski definition) is 4. The molecule has 2 heterocycles. The summed E-state index contributed by atoms with van der Waals surface area (Å²) in [5.41, 5.74) is 0.